The zero-order valence-corrected chi connectivity index (χ0v) is 17.4. The maximum Gasteiger partial charge on any atom is 0.277 e. The Balaban J connectivity index is 1.28. The summed E-state index contributed by atoms with van der Waals surface area (Å²) in [5, 5.41) is 13.1. The molecule has 1 N–H and O–H groups in total. The number of hydrogen-bond acceptors (Lipinski definition) is 6. The van der Waals surface area contributed by atoms with Crippen LogP contribution in [0, 0.1) is 0 Å². The lowest BCUT2D eigenvalue weighted by atomic mass is 10.1. The number of H-pyrrole nitrogens is 1. The molecule has 3 heterocycles. The fourth-order valence-corrected chi connectivity index (χ4v) is 4.74. The number of nitrogens with one attached hydrogen (secondary N) is 1. The lowest BCUT2D eigenvalue weighted by Gasteiger charge is -1.99. The summed E-state index contributed by atoms with van der Waals surface area (Å²) in [4.78, 5) is 7.99. The van der Waals surface area contributed by atoms with Crippen molar-refractivity contribution in [1.29, 1.82) is 0 Å². The van der Waals surface area contributed by atoms with Crippen LogP contribution in [0.2, 0.25) is 0 Å². The van der Waals surface area contributed by atoms with Crippen molar-refractivity contribution in [3.8, 4) is 22.0 Å². The van der Waals surface area contributed by atoms with Crippen LogP contribution < -0.4 is 0 Å². The lowest BCUT2D eigenvalue weighted by Crippen LogP contribution is -1.83. The Bertz CT molecular complexity index is 1250. The molecule has 3 aromatic heterocycles. The van der Waals surface area contributed by atoms with Gasteiger partial charge in [0.05, 0.1) is 11.3 Å². The van der Waals surface area contributed by atoms with E-state index < -0.39 is 0 Å². The van der Waals surface area contributed by atoms with Gasteiger partial charge in [0.1, 0.15) is 5.01 Å². The van der Waals surface area contributed by atoms with Gasteiger partial charge in [-0.25, -0.2) is 4.98 Å². The van der Waals surface area contributed by atoms with E-state index in [2.05, 4.69) is 51.8 Å². The van der Waals surface area contributed by atoms with E-state index in [0.29, 0.717) is 16.9 Å². The average Bonchev–Trinajstić information content (AvgIpc) is 3.51. The molecule has 7 heteroatoms. The molecule has 5 nitrogen and oxygen atoms in total. The molecule has 0 spiro atoms. The van der Waals surface area contributed by atoms with Gasteiger partial charge in [0, 0.05) is 33.8 Å². The summed E-state index contributed by atoms with van der Waals surface area (Å²) in [5.41, 5.74) is 5.48. The third-order valence-electron chi connectivity index (χ3n) is 4.73. The number of aryl methyl sites for hydroxylation is 1. The number of nitrogens with zero attached hydrogens (tertiary/aromatic N) is 3. The molecule has 0 unspecified atom stereocenters. The van der Waals surface area contributed by atoms with Crippen LogP contribution in [-0.4, -0.2) is 20.2 Å². The molecule has 0 bridgehead atoms. The van der Waals surface area contributed by atoms with Gasteiger partial charge < -0.3 is 9.40 Å². The smallest absolute Gasteiger partial charge is 0.277 e. The van der Waals surface area contributed by atoms with Crippen molar-refractivity contribution in [1.82, 2.24) is 20.2 Å². The van der Waals surface area contributed by atoms with E-state index in [1.165, 1.54) is 17.3 Å². The largest absolute Gasteiger partial charge is 0.411 e. The van der Waals surface area contributed by atoms with Crippen molar-refractivity contribution < 1.29 is 4.42 Å². The van der Waals surface area contributed by atoms with Gasteiger partial charge in [0.2, 0.25) is 0 Å². The monoisotopic (exact) mass is 418 g/mol. The van der Waals surface area contributed by atoms with E-state index >= 15 is 0 Å². The number of para-hydroxylation sites is 1. The van der Waals surface area contributed by atoms with E-state index in [0.717, 1.165) is 39.2 Å². The Morgan fingerprint density at radius 1 is 1.07 bits per heavy atom. The first-order chi connectivity index (χ1) is 14.3. The van der Waals surface area contributed by atoms with Crippen molar-refractivity contribution in [3.05, 3.63) is 71.4 Å². The molecule has 5 aromatic rings. The number of thiazole rings is 1. The number of rotatable bonds is 6. The Hall–Kier alpha value is -2.90. The second kappa shape index (κ2) is 7.85. The first-order valence-corrected chi connectivity index (χ1v) is 11.2. The third kappa shape index (κ3) is 3.71. The first kappa shape index (κ1) is 18.1. The summed E-state index contributed by atoms with van der Waals surface area (Å²) in [6.07, 6.45) is 2.95. The average molecular weight is 419 g/mol. The third-order valence-corrected chi connectivity index (χ3v) is 6.52. The van der Waals surface area contributed by atoms with E-state index in [1.54, 1.807) is 11.3 Å². The molecule has 0 atom stereocenters. The van der Waals surface area contributed by atoms with Crippen molar-refractivity contribution >= 4 is 34.0 Å². The fraction of sp³-hybridized carbons (Fsp3) is 0.136. The maximum absolute atomic E-state index is 5.87. The first-order valence-electron chi connectivity index (χ1n) is 9.36. The highest BCUT2D eigenvalue weighted by Gasteiger charge is 2.14. The second-order valence-electron chi connectivity index (χ2n) is 6.60. The molecule has 0 amide bonds. The molecule has 0 aliphatic heterocycles. The van der Waals surface area contributed by atoms with E-state index in [1.807, 2.05) is 30.5 Å². The molecule has 0 fully saturated rings. The van der Waals surface area contributed by atoms with Crippen molar-refractivity contribution in [2.24, 2.45) is 0 Å². The Kier molecular flexibility index (Phi) is 4.91. The zero-order valence-electron chi connectivity index (χ0n) is 15.8. The molecular formula is C22H18N4OS2. The van der Waals surface area contributed by atoms with Gasteiger partial charge in [-0.05, 0) is 18.1 Å². The molecule has 0 saturated heterocycles. The second-order valence-corrected chi connectivity index (χ2v) is 8.39. The van der Waals surface area contributed by atoms with Gasteiger partial charge in [-0.15, -0.1) is 21.5 Å². The molecule has 0 radical (unpaired) electrons. The maximum atomic E-state index is 5.87. The van der Waals surface area contributed by atoms with Crippen LogP contribution in [0.3, 0.4) is 0 Å². The van der Waals surface area contributed by atoms with Crippen molar-refractivity contribution in [3.63, 3.8) is 0 Å². The van der Waals surface area contributed by atoms with E-state index in [4.69, 9.17) is 9.40 Å². The van der Waals surface area contributed by atoms with Gasteiger partial charge in [-0.3, -0.25) is 0 Å². The summed E-state index contributed by atoms with van der Waals surface area (Å²) in [7, 11) is 0. The number of thioether (sulfide) groups is 1. The lowest BCUT2D eigenvalue weighted by molar-refractivity contribution is 0.466. The van der Waals surface area contributed by atoms with Crippen molar-refractivity contribution in [2.45, 2.75) is 24.3 Å². The van der Waals surface area contributed by atoms with Crippen LogP contribution in [0.4, 0.5) is 0 Å². The van der Waals surface area contributed by atoms with Gasteiger partial charge in [-0.1, -0.05) is 61.2 Å². The zero-order chi connectivity index (χ0) is 19.6. The molecule has 5 rings (SSSR count). The summed E-state index contributed by atoms with van der Waals surface area (Å²) in [6.45, 7) is 2.16. The van der Waals surface area contributed by atoms with Crippen LogP contribution in [0.5, 0.6) is 0 Å². The number of aromatic nitrogens is 4. The normalized spacial score (nSPS) is 11.3. The predicted molar refractivity (Wildman–Crippen MR) is 118 cm³/mol. The van der Waals surface area contributed by atoms with Crippen LogP contribution in [0.25, 0.3) is 32.9 Å². The summed E-state index contributed by atoms with van der Waals surface area (Å²) < 4.78 is 5.87. The Morgan fingerprint density at radius 2 is 1.93 bits per heavy atom. The minimum Gasteiger partial charge on any atom is -0.411 e. The minimum absolute atomic E-state index is 0.528. The highest BCUT2D eigenvalue weighted by molar-refractivity contribution is 7.98. The molecule has 0 aliphatic rings. The highest BCUT2D eigenvalue weighted by Crippen LogP contribution is 2.31. The summed E-state index contributed by atoms with van der Waals surface area (Å²) in [5.74, 6) is 1.22. The molecule has 144 valence electrons. The van der Waals surface area contributed by atoms with Gasteiger partial charge in [-0.2, -0.15) is 0 Å². The summed E-state index contributed by atoms with van der Waals surface area (Å²) in [6, 6.07) is 16.7. The predicted octanol–water partition coefficient (Wildman–Crippen LogP) is 6.20. The Morgan fingerprint density at radius 3 is 2.79 bits per heavy atom. The molecule has 2 aromatic carbocycles. The fourth-order valence-electron chi connectivity index (χ4n) is 3.15. The molecule has 29 heavy (non-hydrogen) atoms. The topological polar surface area (TPSA) is 67.6 Å². The van der Waals surface area contributed by atoms with Crippen LogP contribution >= 0.6 is 23.1 Å². The SMILES string of the molecule is CCc1ccc(-c2nc(CSc3nnc(-c4c[nH]c5ccccc45)o3)cs2)cc1. The Labute approximate surface area is 176 Å². The van der Waals surface area contributed by atoms with Gasteiger partial charge >= 0.3 is 0 Å². The summed E-state index contributed by atoms with van der Waals surface area (Å²) >= 11 is 3.17. The van der Waals surface area contributed by atoms with E-state index in [9.17, 15) is 0 Å². The van der Waals surface area contributed by atoms with Gasteiger partial charge in [0.15, 0.2) is 0 Å². The molecule has 0 saturated carbocycles. The van der Waals surface area contributed by atoms with Crippen LogP contribution in [0.1, 0.15) is 18.2 Å². The quantitative estimate of drug-likeness (QED) is 0.333. The number of fused-ring (bicyclic) bond motifs is 1. The van der Waals surface area contributed by atoms with Crippen molar-refractivity contribution in [2.75, 3.05) is 0 Å². The number of hydrogen-bond donors (Lipinski definition) is 1. The van der Waals surface area contributed by atoms with Gasteiger partial charge in [0.25, 0.3) is 11.1 Å². The van der Waals surface area contributed by atoms with Crippen LogP contribution in [0.15, 0.2) is 69.7 Å². The standard InChI is InChI=1S/C22H18N4OS2/c1-2-14-7-9-15(10-8-14)21-24-16(12-28-21)13-29-22-26-25-20(27-22)18-11-23-19-6-4-3-5-17(18)19/h3-12,23H,2,13H2,1H3. The molecule has 0 aliphatic carbocycles. The highest BCUT2D eigenvalue weighted by atomic mass is 32.2. The number of aromatic amines is 1. The van der Waals surface area contributed by atoms with E-state index in [-0.39, 0.29) is 0 Å². The number of benzene rings is 2. The minimum atomic E-state index is 0.528. The molecular weight excluding hydrogens is 400 g/mol. The van der Waals surface area contributed by atoms with Crippen LogP contribution in [-0.2, 0) is 12.2 Å².